The Bertz CT molecular complexity index is 306. The molecule has 3 N–H and O–H groups in total. The maximum absolute atomic E-state index is 4.58. The van der Waals surface area contributed by atoms with Crippen molar-refractivity contribution < 1.29 is 0 Å². The minimum absolute atomic E-state index is 0.972. The van der Waals surface area contributed by atoms with E-state index < -0.39 is 0 Å². The normalized spacial score (nSPS) is 20.0. The van der Waals surface area contributed by atoms with E-state index in [4.69, 9.17) is 0 Å². The topological polar surface area (TPSA) is 60.8 Å². The summed E-state index contributed by atoms with van der Waals surface area (Å²) in [6.07, 6.45) is 9.96. The number of rotatable bonds is 6. The summed E-state index contributed by atoms with van der Waals surface area (Å²) in [6.45, 7) is 5.93. The standard InChI is InChI=1S/C16H31N5/c1-3-7-15(18-9-5-1)20-13-11-17-12-14-21-16-8-4-2-6-10-19-16/h17H,1-14H2,(H,18,20)(H,19,21). The molecule has 5 heteroatoms. The molecule has 0 unspecified atom stereocenters. The van der Waals surface area contributed by atoms with Crippen LogP contribution in [0.3, 0.4) is 0 Å². The number of nitrogens with one attached hydrogen (secondary N) is 3. The largest absolute Gasteiger partial charge is 0.373 e. The maximum Gasteiger partial charge on any atom is 0.0963 e. The first-order valence-electron chi connectivity index (χ1n) is 8.70. The Morgan fingerprint density at radius 3 is 1.67 bits per heavy atom. The molecule has 0 amide bonds. The van der Waals surface area contributed by atoms with Crippen molar-refractivity contribution >= 4 is 11.7 Å². The van der Waals surface area contributed by atoms with Gasteiger partial charge in [-0.15, -0.1) is 0 Å². The molecular formula is C16H31N5. The van der Waals surface area contributed by atoms with Crippen molar-refractivity contribution in [3.63, 3.8) is 0 Å². The van der Waals surface area contributed by atoms with Crippen LogP contribution in [0.25, 0.3) is 0 Å². The lowest BCUT2D eigenvalue weighted by atomic mass is 10.2. The minimum atomic E-state index is 0.972. The molecule has 0 aromatic carbocycles. The lowest BCUT2D eigenvalue weighted by molar-refractivity contribution is 0.650. The zero-order valence-electron chi connectivity index (χ0n) is 13.3. The van der Waals surface area contributed by atoms with E-state index in [0.29, 0.717) is 0 Å². The highest BCUT2D eigenvalue weighted by Crippen LogP contribution is 2.06. The van der Waals surface area contributed by atoms with Gasteiger partial charge < -0.3 is 16.0 Å². The highest BCUT2D eigenvalue weighted by atomic mass is 15.0. The van der Waals surface area contributed by atoms with Crippen molar-refractivity contribution in [2.45, 2.75) is 51.4 Å². The lowest BCUT2D eigenvalue weighted by Gasteiger charge is -2.11. The smallest absolute Gasteiger partial charge is 0.0963 e. The Morgan fingerprint density at radius 2 is 1.14 bits per heavy atom. The summed E-state index contributed by atoms with van der Waals surface area (Å²) >= 11 is 0. The fourth-order valence-corrected chi connectivity index (χ4v) is 2.75. The summed E-state index contributed by atoms with van der Waals surface area (Å²) in [5, 5.41) is 10.4. The average Bonchev–Trinajstić information content (AvgIpc) is 2.91. The molecular weight excluding hydrogens is 262 g/mol. The Balaban J connectivity index is 1.44. The van der Waals surface area contributed by atoms with Crippen LogP contribution in [0.1, 0.15) is 51.4 Å². The Labute approximate surface area is 129 Å². The monoisotopic (exact) mass is 293 g/mol. The zero-order chi connectivity index (χ0) is 14.6. The third kappa shape index (κ3) is 7.46. The Kier molecular flexibility index (Phi) is 8.22. The molecule has 0 fully saturated rings. The third-order valence-corrected chi connectivity index (χ3v) is 4.01. The quantitative estimate of drug-likeness (QED) is 0.653. The number of aliphatic imine (C=N–C) groups is 2. The second kappa shape index (κ2) is 10.6. The van der Waals surface area contributed by atoms with Crippen LogP contribution in [0.15, 0.2) is 9.98 Å². The molecule has 0 saturated carbocycles. The van der Waals surface area contributed by atoms with Gasteiger partial charge in [-0.3, -0.25) is 9.98 Å². The Hall–Kier alpha value is -1.10. The summed E-state index contributed by atoms with van der Waals surface area (Å²) in [5.41, 5.74) is 0. The fourth-order valence-electron chi connectivity index (χ4n) is 2.75. The summed E-state index contributed by atoms with van der Waals surface area (Å²) in [6, 6.07) is 0. The average molecular weight is 293 g/mol. The first-order valence-corrected chi connectivity index (χ1v) is 8.70. The third-order valence-electron chi connectivity index (χ3n) is 4.01. The van der Waals surface area contributed by atoms with Gasteiger partial charge in [-0.25, -0.2) is 0 Å². The van der Waals surface area contributed by atoms with E-state index in [1.165, 1.54) is 50.2 Å². The maximum atomic E-state index is 4.58. The van der Waals surface area contributed by atoms with Crippen LogP contribution in [-0.2, 0) is 0 Å². The summed E-state index contributed by atoms with van der Waals surface area (Å²) in [4.78, 5) is 9.15. The molecule has 0 aliphatic carbocycles. The lowest BCUT2D eigenvalue weighted by Crippen LogP contribution is -2.36. The van der Waals surface area contributed by atoms with E-state index in [-0.39, 0.29) is 0 Å². The van der Waals surface area contributed by atoms with Crippen LogP contribution in [0, 0.1) is 0 Å². The van der Waals surface area contributed by atoms with Gasteiger partial charge in [-0.2, -0.15) is 0 Å². The summed E-state index contributed by atoms with van der Waals surface area (Å²) in [7, 11) is 0. The number of nitrogens with zero attached hydrogens (tertiary/aromatic N) is 2. The van der Waals surface area contributed by atoms with E-state index in [0.717, 1.165) is 52.1 Å². The van der Waals surface area contributed by atoms with E-state index in [2.05, 4.69) is 25.9 Å². The number of hydrogen-bond donors (Lipinski definition) is 3. The van der Waals surface area contributed by atoms with Crippen LogP contribution in [0.4, 0.5) is 0 Å². The van der Waals surface area contributed by atoms with Crippen molar-refractivity contribution in [3.05, 3.63) is 0 Å². The predicted octanol–water partition coefficient (Wildman–Crippen LogP) is 1.70. The first-order chi connectivity index (χ1) is 10.4. The van der Waals surface area contributed by atoms with Crippen molar-refractivity contribution in [3.8, 4) is 0 Å². The number of amidine groups is 2. The predicted molar refractivity (Wildman–Crippen MR) is 90.4 cm³/mol. The fraction of sp³-hybridized carbons (Fsp3) is 0.875. The van der Waals surface area contributed by atoms with Crippen LogP contribution in [0.2, 0.25) is 0 Å². The summed E-state index contributed by atoms with van der Waals surface area (Å²) < 4.78 is 0. The minimum Gasteiger partial charge on any atom is -0.373 e. The van der Waals surface area contributed by atoms with Gasteiger partial charge in [0.25, 0.3) is 0 Å². The van der Waals surface area contributed by atoms with Gasteiger partial charge >= 0.3 is 0 Å². The van der Waals surface area contributed by atoms with E-state index >= 15 is 0 Å². The molecule has 2 rings (SSSR count). The van der Waals surface area contributed by atoms with Gasteiger partial charge in [-0.05, 0) is 25.7 Å². The van der Waals surface area contributed by atoms with E-state index in [1.807, 2.05) is 0 Å². The van der Waals surface area contributed by atoms with Crippen LogP contribution in [-0.4, -0.2) is 50.9 Å². The second-order valence-corrected chi connectivity index (χ2v) is 5.88. The molecule has 0 atom stereocenters. The van der Waals surface area contributed by atoms with Gasteiger partial charge in [0.2, 0.25) is 0 Å². The highest BCUT2D eigenvalue weighted by Gasteiger charge is 2.04. The second-order valence-electron chi connectivity index (χ2n) is 5.88. The van der Waals surface area contributed by atoms with Crippen LogP contribution < -0.4 is 16.0 Å². The highest BCUT2D eigenvalue weighted by molar-refractivity contribution is 5.82. The SMILES string of the molecule is C1CCN=C(NCCNCCNC2=NCCCCC2)CC1. The van der Waals surface area contributed by atoms with Gasteiger partial charge in [0.1, 0.15) is 0 Å². The van der Waals surface area contributed by atoms with Crippen molar-refractivity contribution in [1.82, 2.24) is 16.0 Å². The van der Waals surface area contributed by atoms with E-state index in [1.54, 1.807) is 0 Å². The molecule has 0 saturated heterocycles. The molecule has 120 valence electrons. The van der Waals surface area contributed by atoms with Crippen molar-refractivity contribution in [1.29, 1.82) is 0 Å². The molecule has 0 aromatic rings. The molecule has 0 radical (unpaired) electrons. The summed E-state index contributed by atoms with van der Waals surface area (Å²) in [5.74, 6) is 2.42. The zero-order valence-corrected chi connectivity index (χ0v) is 13.3. The van der Waals surface area contributed by atoms with Crippen LogP contribution in [0.5, 0.6) is 0 Å². The molecule has 2 aliphatic heterocycles. The van der Waals surface area contributed by atoms with Crippen LogP contribution >= 0.6 is 0 Å². The van der Waals surface area contributed by atoms with Crippen molar-refractivity contribution in [2.24, 2.45) is 9.98 Å². The van der Waals surface area contributed by atoms with Crippen molar-refractivity contribution in [2.75, 3.05) is 39.3 Å². The number of hydrogen-bond acceptors (Lipinski definition) is 5. The molecule has 21 heavy (non-hydrogen) atoms. The molecule has 2 aliphatic rings. The molecule has 0 aromatic heterocycles. The molecule has 5 nitrogen and oxygen atoms in total. The Morgan fingerprint density at radius 1 is 0.619 bits per heavy atom. The first kappa shape index (κ1) is 16.3. The van der Waals surface area contributed by atoms with Gasteiger partial charge in [-0.1, -0.05) is 12.8 Å². The van der Waals surface area contributed by atoms with Gasteiger partial charge in [0.15, 0.2) is 0 Å². The molecule has 0 bridgehead atoms. The molecule has 0 spiro atoms. The molecule has 2 heterocycles. The van der Waals surface area contributed by atoms with E-state index in [9.17, 15) is 0 Å². The van der Waals surface area contributed by atoms with Gasteiger partial charge in [0, 0.05) is 52.1 Å². The van der Waals surface area contributed by atoms with Gasteiger partial charge in [0.05, 0.1) is 11.7 Å².